The SMILES string of the molecule is COc1ccc(CSc2ccc(NCC(C)(C)C)c(NC(=O)C(C)(C)C)c2)cc1. The number of carbonyl (C=O) groups is 1. The van der Waals surface area contributed by atoms with E-state index in [1.165, 1.54) is 5.56 Å². The van der Waals surface area contributed by atoms with Gasteiger partial charge in [0.2, 0.25) is 5.91 Å². The monoisotopic (exact) mass is 414 g/mol. The lowest BCUT2D eigenvalue weighted by Crippen LogP contribution is -2.28. The molecule has 0 fully saturated rings. The van der Waals surface area contributed by atoms with Gasteiger partial charge in [0.15, 0.2) is 0 Å². The lowest BCUT2D eigenvalue weighted by Gasteiger charge is -2.23. The average Bonchev–Trinajstić information content (AvgIpc) is 2.64. The molecule has 5 heteroatoms. The summed E-state index contributed by atoms with van der Waals surface area (Å²) in [6.07, 6.45) is 0. The van der Waals surface area contributed by atoms with Crippen molar-refractivity contribution in [3.05, 3.63) is 48.0 Å². The van der Waals surface area contributed by atoms with E-state index < -0.39 is 5.41 Å². The van der Waals surface area contributed by atoms with Crippen molar-refractivity contribution < 1.29 is 9.53 Å². The van der Waals surface area contributed by atoms with Gasteiger partial charge < -0.3 is 15.4 Å². The topological polar surface area (TPSA) is 50.4 Å². The molecule has 0 aliphatic rings. The van der Waals surface area contributed by atoms with Crippen LogP contribution in [-0.4, -0.2) is 19.6 Å². The summed E-state index contributed by atoms with van der Waals surface area (Å²) in [5.74, 6) is 1.72. The molecule has 29 heavy (non-hydrogen) atoms. The Balaban J connectivity index is 2.17. The lowest BCUT2D eigenvalue weighted by atomic mass is 9.95. The number of anilines is 2. The Morgan fingerprint density at radius 1 is 0.966 bits per heavy atom. The molecule has 0 atom stereocenters. The maximum Gasteiger partial charge on any atom is 0.229 e. The van der Waals surface area contributed by atoms with Crippen LogP contribution < -0.4 is 15.4 Å². The Kier molecular flexibility index (Phi) is 7.64. The van der Waals surface area contributed by atoms with Gasteiger partial charge in [0, 0.05) is 22.6 Å². The predicted molar refractivity (Wildman–Crippen MR) is 125 cm³/mol. The highest BCUT2D eigenvalue weighted by Crippen LogP contribution is 2.32. The fourth-order valence-electron chi connectivity index (χ4n) is 2.43. The number of thioether (sulfide) groups is 1. The maximum atomic E-state index is 12.6. The Bertz CT molecular complexity index is 818. The molecule has 2 rings (SSSR count). The van der Waals surface area contributed by atoms with Gasteiger partial charge in [-0.25, -0.2) is 0 Å². The van der Waals surface area contributed by atoms with E-state index in [2.05, 4.69) is 61.7 Å². The molecule has 0 aliphatic heterocycles. The second kappa shape index (κ2) is 9.57. The first kappa shape index (κ1) is 23.1. The number of amides is 1. The van der Waals surface area contributed by atoms with E-state index in [0.29, 0.717) is 0 Å². The van der Waals surface area contributed by atoms with Gasteiger partial charge >= 0.3 is 0 Å². The normalized spacial score (nSPS) is 11.8. The third-order valence-corrected chi connectivity index (χ3v) is 5.36. The number of carbonyl (C=O) groups excluding carboxylic acids is 1. The summed E-state index contributed by atoms with van der Waals surface area (Å²) < 4.78 is 5.22. The minimum atomic E-state index is -0.451. The molecule has 0 aromatic heterocycles. The Labute approximate surface area is 179 Å². The Hall–Kier alpha value is -2.14. The predicted octanol–water partition coefficient (Wildman–Crippen LogP) is 6.43. The molecule has 0 unspecified atom stereocenters. The van der Waals surface area contributed by atoms with Crippen LogP contribution >= 0.6 is 11.8 Å². The molecular weight excluding hydrogens is 380 g/mol. The quantitative estimate of drug-likeness (QED) is 0.513. The van der Waals surface area contributed by atoms with E-state index in [4.69, 9.17) is 4.74 Å². The summed E-state index contributed by atoms with van der Waals surface area (Å²) in [5, 5.41) is 6.59. The minimum absolute atomic E-state index is 0.00798. The van der Waals surface area contributed by atoms with E-state index in [0.717, 1.165) is 34.3 Å². The van der Waals surface area contributed by atoms with Crippen LogP contribution in [0.15, 0.2) is 47.4 Å². The van der Waals surface area contributed by atoms with Crippen LogP contribution in [0.3, 0.4) is 0 Å². The molecule has 158 valence electrons. The van der Waals surface area contributed by atoms with Gasteiger partial charge in [0.05, 0.1) is 18.5 Å². The highest BCUT2D eigenvalue weighted by molar-refractivity contribution is 7.98. The van der Waals surface area contributed by atoms with Gasteiger partial charge in [-0.2, -0.15) is 0 Å². The molecule has 2 aromatic rings. The number of hydrogen-bond acceptors (Lipinski definition) is 4. The maximum absolute atomic E-state index is 12.6. The zero-order valence-electron chi connectivity index (χ0n) is 18.7. The van der Waals surface area contributed by atoms with Crippen molar-refractivity contribution in [2.24, 2.45) is 10.8 Å². The third-order valence-electron chi connectivity index (χ3n) is 4.29. The number of benzene rings is 2. The zero-order chi connectivity index (χ0) is 21.7. The summed E-state index contributed by atoms with van der Waals surface area (Å²) >= 11 is 1.75. The Morgan fingerprint density at radius 3 is 2.17 bits per heavy atom. The molecular formula is C24H34N2O2S. The molecule has 0 spiro atoms. The van der Waals surface area contributed by atoms with Crippen LogP contribution in [0, 0.1) is 10.8 Å². The van der Waals surface area contributed by atoms with Crippen molar-refractivity contribution >= 4 is 29.0 Å². The molecule has 1 amide bonds. The summed E-state index contributed by atoms with van der Waals surface area (Å²) in [6.45, 7) is 13.2. The van der Waals surface area contributed by atoms with Crippen molar-refractivity contribution in [2.45, 2.75) is 52.2 Å². The number of ether oxygens (including phenoxy) is 1. The highest BCUT2D eigenvalue weighted by Gasteiger charge is 2.22. The van der Waals surface area contributed by atoms with Gasteiger partial charge in [0.1, 0.15) is 5.75 Å². The van der Waals surface area contributed by atoms with Crippen LogP contribution in [0.4, 0.5) is 11.4 Å². The fraction of sp³-hybridized carbons (Fsp3) is 0.458. The zero-order valence-corrected chi connectivity index (χ0v) is 19.5. The summed E-state index contributed by atoms with van der Waals surface area (Å²) in [7, 11) is 1.67. The lowest BCUT2D eigenvalue weighted by molar-refractivity contribution is -0.123. The summed E-state index contributed by atoms with van der Waals surface area (Å²) in [4.78, 5) is 13.7. The van der Waals surface area contributed by atoms with Gasteiger partial charge in [-0.15, -0.1) is 11.8 Å². The van der Waals surface area contributed by atoms with Crippen LogP contribution in [0.1, 0.15) is 47.1 Å². The van der Waals surface area contributed by atoms with Crippen molar-refractivity contribution in [1.82, 2.24) is 0 Å². The molecule has 0 saturated heterocycles. The standard InChI is InChI=1S/C24H34N2O2S/c1-23(2,3)16-25-20-13-12-19(14-21(20)26-22(27)24(4,5)6)29-15-17-8-10-18(28-7)11-9-17/h8-14,25H,15-16H2,1-7H3,(H,26,27). The largest absolute Gasteiger partial charge is 0.497 e. The van der Waals surface area contributed by atoms with E-state index in [1.807, 2.05) is 32.9 Å². The molecule has 2 aromatic carbocycles. The Morgan fingerprint density at radius 2 is 1.62 bits per heavy atom. The second-order valence-electron chi connectivity index (χ2n) is 9.46. The number of hydrogen-bond donors (Lipinski definition) is 2. The molecule has 4 nitrogen and oxygen atoms in total. The first-order valence-corrected chi connectivity index (χ1v) is 10.9. The van der Waals surface area contributed by atoms with Gasteiger partial charge in [-0.3, -0.25) is 4.79 Å². The highest BCUT2D eigenvalue weighted by atomic mass is 32.2. The van der Waals surface area contributed by atoms with E-state index in [1.54, 1.807) is 18.9 Å². The summed E-state index contributed by atoms with van der Waals surface area (Å²) in [5.41, 5.74) is 2.70. The van der Waals surface area contributed by atoms with E-state index in [9.17, 15) is 4.79 Å². The smallest absolute Gasteiger partial charge is 0.229 e. The van der Waals surface area contributed by atoms with Crippen LogP contribution in [-0.2, 0) is 10.5 Å². The molecule has 0 bridgehead atoms. The van der Waals surface area contributed by atoms with Gasteiger partial charge in [-0.1, -0.05) is 53.7 Å². The fourth-order valence-corrected chi connectivity index (χ4v) is 3.32. The summed E-state index contributed by atoms with van der Waals surface area (Å²) in [6, 6.07) is 14.3. The third kappa shape index (κ3) is 7.65. The van der Waals surface area contributed by atoms with Crippen molar-refractivity contribution in [3.63, 3.8) is 0 Å². The van der Waals surface area contributed by atoms with Crippen molar-refractivity contribution in [2.75, 3.05) is 24.3 Å². The molecule has 0 saturated carbocycles. The van der Waals surface area contributed by atoms with Gasteiger partial charge in [-0.05, 0) is 41.3 Å². The number of nitrogens with one attached hydrogen (secondary N) is 2. The molecule has 0 radical (unpaired) electrons. The molecule has 0 aliphatic carbocycles. The van der Waals surface area contributed by atoms with Crippen LogP contribution in [0.5, 0.6) is 5.75 Å². The molecule has 2 N–H and O–H groups in total. The first-order valence-electron chi connectivity index (χ1n) is 9.93. The van der Waals surface area contributed by atoms with Crippen molar-refractivity contribution in [1.29, 1.82) is 0 Å². The first-order chi connectivity index (χ1) is 13.5. The average molecular weight is 415 g/mol. The minimum Gasteiger partial charge on any atom is -0.497 e. The second-order valence-corrected chi connectivity index (χ2v) is 10.5. The van der Waals surface area contributed by atoms with E-state index in [-0.39, 0.29) is 11.3 Å². The van der Waals surface area contributed by atoms with E-state index >= 15 is 0 Å². The number of rotatable bonds is 7. The van der Waals surface area contributed by atoms with Crippen LogP contribution in [0.25, 0.3) is 0 Å². The van der Waals surface area contributed by atoms with Gasteiger partial charge in [0.25, 0.3) is 0 Å². The van der Waals surface area contributed by atoms with Crippen LogP contribution in [0.2, 0.25) is 0 Å². The molecule has 0 heterocycles. The number of methoxy groups -OCH3 is 1. The van der Waals surface area contributed by atoms with Crippen molar-refractivity contribution in [3.8, 4) is 5.75 Å².